The van der Waals surface area contributed by atoms with E-state index in [1.54, 1.807) is 6.08 Å². The molecule has 24 heavy (non-hydrogen) atoms. The quantitative estimate of drug-likeness (QED) is 0.500. The van der Waals surface area contributed by atoms with Gasteiger partial charge in [0.25, 0.3) is 0 Å². The van der Waals surface area contributed by atoms with Gasteiger partial charge in [-0.3, -0.25) is 9.69 Å². The predicted molar refractivity (Wildman–Crippen MR) is 105 cm³/mol. The average Bonchev–Trinajstić information content (AvgIpc) is 3.02. The lowest BCUT2D eigenvalue weighted by Crippen LogP contribution is -2.25. The first-order chi connectivity index (χ1) is 11.6. The molecule has 0 spiro atoms. The summed E-state index contributed by atoms with van der Waals surface area (Å²) in [6.45, 7) is 7.78. The second kappa shape index (κ2) is 9.64. The zero-order valence-electron chi connectivity index (χ0n) is 14.1. The number of hydrogen-bond acceptors (Lipinski definition) is 3. The minimum Gasteiger partial charge on any atom is -0.451 e. The Morgan fingerprint density at radius 2 is 1.88 bits per heavy atom. The number of benzene rings is 1. The molecule has 0 saturated heterocycles. The fraction of sp³-hybridized carbons (Fsp3) is 0.316. The Morgan fingerprint density at radius 3 is 2.50 bits per heavy atom. The van der Waals surface area contributed by atoms with Gasteiger partial charge in [-0.15, -0.1) is 0 Å². The molecule has 2 aromatic rings. The maximum absolute atomic E-state index is 12.0. The van der Waals surface area contributed by atoms with Gasteiger partial charge in [0.1, 0.15) is 5.76 Å². The Balaban J connectivity index is 1.93. The molecule has 1 N–H and O–H groups in total. The van der Waals surface area contributed by atoms with E-state index in [1.807, 2.05) is 24.3 Å². The number of hydrogen-bond donors (Lipinski definition) is 1. The summed E-state index contributed by atoms with van der Waals surface area (Å²) in [5.74, 6) is 0.551. The van der Waals surface area contributed by atoms with Crippen LogP contribution in [0, 0.1) is 3.77 Å². The smallest absolute Gasteiger partial charge is 0.244 e. The fourth-order valence-corrected chi connectivity index (χ4v) is 2.82. The summed E-state index contributed by atoms with van der Waals surface area (Å²) < 4.78 is 6.20. The Bertz CT molecular complexity index is 690. The monoisotopic (exact) mass is 438 g/mol. The van der Waals surface area contributed by atoms with Crippen LogP contribution in [0.25, 0.3) is 6.08 Å². The van der Waals surface area contributed by atoms with Crippen LogP contribution in [-0.2, 0) is 17.9 Å². The van der Waals surface area contributed by atoms with E-state index in [9.17, 15) is 4.79 Å². The van der Waals surface area contributed by atoms with E-state index in [0.29, 0.717) is 12.3 Å². The lowest BCUT2D eigenvalue weighted by Gasteiger charge is -2.20. The van der Waals surface area contributed by atoms with Crippen molar-refractivity contribution in [3.63, 3.8) is 0 Å². The van der Waals surface area contributed by atoms with Crippen LogP contribution in [0.5, 0.6) is 0 Å². The summed E-state index contributed by atoms with van der Waals surface area (Å²) in [5.41, 5.74) is 2.41. The highest BCUT2D eigenvalue weighted by molar-refractivity contribution is 14.1. The predicted octanol–water partition coefficient (Wildman–Crippen LogP) is 4.06. The highest BCUT2D eigenvalue weighted by Crippen LogP contribution is 2.13. The summed E-state index contributed by atoms with van der Waals surface area (Å²) in [5, 5.41) is 2.94. The molecule has 1 amide bonds. The number of rotatable bonds is 8. The van der Waals surface area contributed by atoms with Gasteiger partial charge in [0.05, 0.1) is 0 Å². The SMILES string of the molecule is CCN(CC)Cc1ccccc1CNC(=O)/C=C/c1ccc(I)o1. The van der Waals surface area contributed by atoms with Crippen molar-refractivity contribution in [3.05, 3.63) is 63.1 Å². The molecule has 5 heteroatoms. The van der Waals surface area contributed by atoms with Crippen LogP contribution >= 0.6 is 22.6 Å². The van der Waals surface area contributed by atoms with E-state index >= 15 is 0 Å². The summed E-state index contributed by atoms with van der Waals surface area (Å²) in [4.78, 5) is 14.4. The van der Waals surface area contributed by atoms with Crippen molar-refractivity contribution in [2.24, 2.45) is 0 Å². The van der Waals surface area contributed by atoms with Gasteiger partial charge >= 0.3 is 0 Å². The molecule has 0 aliphatic rings. The van der Waals surface area contributed by atoms with Gasteiger partial charge in [-0.2, -0.15) is 0 Å². The van der Waals surface area contributed by atoms with Crippen molar-refractivity contribution in [2.75, 3.05) is 13.1 Å². The molecule has 0 saturated carbocycles. The van der Waals surface area contributed by atoms with Crippen molar-refractivity contribution in [3.8, 4) is 0 Å². The second-order valence-electron chi connectivity index (χ2n) is 5.42. The summed E-state index contributed by atoms with van der Waals surface area (Å²) in [7, 11) is 0. The summed E-state index contributed by atoms with van der Waals surface area (Å²) >= 11 is 2.10. The molecule has 128 valence electrons. The third-order valence-electron chi connectivity index (χ3n) is 3.85. The highest BCUT2D eigenvalue weighted by atomic mass is 127. The van der Waals surface area contributed by atoms with Gasteiger partial charge in [0.15, 0.2) is 3.77 Å². The molecular weight excluding hydrogens is 415 g/mol. The van der Waals surface area contributed by atoms with E-state index in [2.05, 4.69) is 58.8 Å². The highest BCUT2D eigenvalue weighted by Gasteiger charge is 2.07. The Labute approximate surface area is 157 Å². The molecule has 1 aromatic heterocycles. The Morgan fingerprint density at radius 1 is 1.17 bits per heavy atom. The molecule has 0 aliphatic carbocycles. The standard InChI is InChI=1S/C19H23IN2O2/c1-3-22(4-2)14-16-8-6-5-7-15(16)13-21-19(23)12-10-17-9-11-18(20)24-17/h5-12H,3-4,13-14H2,1-2H3,(H,21,23)/b12-10+. The van der Waals surface area contributed by atoms with Crippen molar-refractivity contribution >= 4 is 34.6 Å². The number of nitrogens with zero attached hydrogens (tertiary/aromatic N) is 1. The van der Waals surface area contributed by atoms with Crippen LogP contribution in [0.15, 0.2) is 46.9 Å². The van der Waals surface area contributed by atoms with Gasteiger partial charge in [-0.25, -0.2) is 0 Å². The molecule has 0 aliphatic heterocycles. The molecule has 1 aromatic carbocycles. The zero-order chi connectivity index (χ0) is 17.4. The number of nitrogens with one attached hydrogen (secondary N) is 1. The van der Waals surface area contributed by atoms with Crippen LogP contribution in [0.3, 0.4) is 0 Å². The molecule has 0 atom stereocenters. The molecule has 0 unspecified atom stereocenters. The van der Waals surface area contributed by atoms with Crippen LogP contribution in [0.2, 0.25) is 0 Å². The third-order valence-corrected chi connectivity index (χ3v) is 4.43. The van der Waals surface area contributed by atoms with E-state index in [0.717, 1.165) is 29.0 Å². The van der Waals surface area contributed by atoms with Gasteiger partial charge < -0.3 is 9.73 Å². The van der Waals surface area contributed by atoms with Crippen molar-refractivity contribution in [1.29, 1.82) is 0 Å². The topological polar surface area (TPSA) is 45.5 Å². The summed E-state index contributed by atoms with van der Waals surface area (Å²) in [6.07, 6.45) is 3.18. The van der Waals surface area contributed by atoms with E-state index in [4.69, 9.17) is 4.42 Å². The van der Waals surface area contributed by atoms with Crippen molar-refractivity contribution < 1.29 is 9.21 Å². The molecular formula is C19H23IN2O2. The van der Waals surface area contributed by atoms with E-state index < -0.39 is 0 Å². The van der Waals surface area contributed by atoms with Crippen LogP contribution < -0.4 is 5.32 Å². The van der Waals surface area contributed by atoms with Crippen LogP contribution in [0.1, 0.15) is 30.7 Å². The van der Waals surface area contributed by atoms with Crippen molar-refractivity contribution in [1.82, 2.24) is 10.2 Å². The molecule has 1 heterocycles. The Kier molecular flexibility index (Phi) is 7.52. The maximum Gasteiger partial charge on any atom is 0.244 e. The number of halogens is 1. The van der Waals surface area contributed by atoms with Gasteiger partial charge in [0, 0.05) is 19.2 Å². The minimum absolute atomic E-state index is 0.126. The maximum atomic E-state index is 12.0. The molecule has 0 radical (unpaired) electrons. The number of furan rings is 1. The minimum atomic E-state index is -0.126. The van der Waals surface area contributed by atoms with Gasteiger partial charge in [0.2, 0.25) is 5.91 Å². The fourth-order valence-electron chi connectivity index (χ4n) is 2.39. The second-order valence-corrected chi connectivity index (χ2v) is 6.49. The average molecular weight is 438 g/mol. The lowest BCUT2D eigenvalue weighted by molar-refractivity contribution is -0.116. The number of carbonyl (C=O) groups is 1. The lowest BCUT2D eigenvalue weighted by atomic mass is 10.1. The molecule has 0 bridgehead atoms. The first-order valence-corrected chi connectivity index (χ1v) is 9.20. The van der Waals surface area contributed by atoms with Crippen LogP contribution in [0.4, 0.5) is 0 Å². The van der Waals surface area contributed by atoms with Crippen molar-refractivity contribution in [2.45, 2.75) is 26.9 Å². The largest absolute Gasteiger partial charge is 0.451 e. The van der Waals surface area contributed by atoms with Crippen LogP contribution in [-0.4, -0.2) is 23.9 Å². The molecule has 4 nitrogen and oxygen atoms in total. The summed E-state index contributed by atoms with van der Waals surface area (Å²) in [6, 6.07) is 11.9. The van der Waals surface area contributed by atoms with Gasteiger partial charge in [-0.1, -0.05) is 38.1 Å². The molecule has 2 rings (SSSR count). The third kappa shape index (κ3) is 5.79. The van der Waals surface area contributed by atoms with Gasteiger partial charge in [-0.05, 0) is 65.0 Å². The first-order valence-electron chi connectivity index (χ1n) is 8.12. The Hall–Kier alpha value is -1.60. The first kappa shape index (κ1) is 18.7. The van der Waals surface area contributed by atoms with E-state index in [1.165, 1.54) is 11.6 Å². The molecule has 0 fully saturated rings. The van der Waals surface area contributed by atoms with E-state index in [-0.39, 0.29) is 5.91 Å². The number of amides is 1. The zero-order valence-corrected chi connectivity index (χ0v) is 16.2. The normalized spacial score (nSPS) is 11.3. The number of carbonyl (C=O) groups excluding carboxylic acids is 1.